The molecule has 2 aromatic heterocycles. The zero-order chi connectivity index (χ0) is 19.8. The van der Waals surface area contributed by atoms with E-state index >= 15 is 0 Å². The monoisotopic (exact) mass is 383 g/mol. The Bertz CT molecular complexity index is 876. The van der Waals surface area contributed by atoms with E-state index in [4.69, 9.17) is 10.5 Å². The number of imidazole rings is 1. The predicted molar refractivity (Wildman–Crippen MR) is 117 cm³/mol. The lowest BCUT2D eigenvalue weighted by Crippen LogP contribution is -2.20. The number of hydrogen-bond acceptors (Lipinski definition) is 5. The van der Waals surface area contributed by atoms with E-state index in [1.807, 2.05) is 24.5 Å². The molecule has 1 aromatic carbocycles. The number of anilines is 1. The number of nitrogens with zero attached hydrogens (tertiary/aromatic N) is 4. The molecule has 0 aliphatic rings. The van der Waals surface area contributed by atoms with Crippen molar-refractivity contribution in [2.75, 3.05) is 39.1 Å². The number of nitrogen functional groups attached to an aromatic ring is 1. The number of benzene rings is 1. The highest BCUT2D eigenvalue weighted by atomic mass is 16.5. The van der Waals surface area contributed by atoms with Gasteiger partial charge >= 0.3 is 0 Å². The van der Waals surface area contributed by atoms with Gasteiger partial charge < -0.3 is 19.9 Å². The second kappa shape index (κ2) is 10.4. The van der Waals surface area contributed by atoms with E-state index in [2.05, 4.69) is 39.5 Å². The van der Waals surface area contributed by atoms with Crippen LogP contribution >= 0.6 is 0 Å². The number of pyridine rings is 1. The van der Waals surface area contributed by atoms with Crippen molar-refractivity contribution in [1.82, 2.24) is 19.4 Å². The summed E-state index contributed by atoms with van der Waals surface area (Å²) in [7, 11) is 2.21. The molecule has 0 radical (unpaired) electrons. The largest absolute Gasteiger partial charge is 0.382 e. The van der Waals surface area contributed by atoms with E-state index in [1.54, 1.807) is 0 Å². The maximum absolute atomic E-state index is 6.08. The van der Waals surface area contributed by atoms with Crippen LogP contribution in [-0.4, -0.2) is 52.8 Å². The van der Waals surface area contributed by atoms with Gasteiger partial charge in [-0.05, 0) is 45.5 Å². The third kappa shape index (κ3) is 5.20. The number of unbranched alkanes of at least 4 members (excludes halogenated alkanes) is 3. The first-order chi connectivity index (χ1) is 13.7. The molecule has 0 unspecified atom stereocenters. The Morgan fingerprint density at radius 1 is 1.07 bits per heavy atom. The highest BCUT2D eigenvalue weighted by Crippen LogP contribution is 2.26. The van der Waals surface area contributed by atoms with Crippen molar-refractivity contribution in [2.24, 2.45) is 0 Å². The lowest BCUT2D eigenvalue weighted by molar-refractivity contribution is 0.122. The van der Waals surface area contributed by atoms with Gasteiger partial charge in [0, 0.05) is 18.5 Å². The Hall–Kier alpha value is -2.18. The second-order valence-corrected chi connectivity index (χ2v) is 7.48. The number of para-hydroxylation sites is 1. The molecule has 0 saturated carbocycles. The van der Waals surface area contributed by atoms with Gasteiger partial charge in [-0.15, -0.1) is 0 Å². The lowest BCUT2D eigenvalue weighted by Gasteiger charge is -2.14. The highest BCUT2D eigenvalue weighted by molar-refractivity contribution is 6.06. The standard InChI is InChI=1S/C22H33N5O/c1-3-12-26(2)13-8-4-5-9-15-28-16-14-27-17-24-20-21(27)18-10-6-7-11-19(18)25-22(20)23/h6-7,10-11,17H,3-5,8-9,12-16H2,1-2H3,(H2,23,25). The second-order valence-electron chi connectivity index (χ2n) is 7.48. The summed E-state index contributed by atoms with van der Waals surface area (Å²) in [5.41, 5.74) is 8.80. The summed E-state index contributed by atoms with van der Waals surface area (Å²) in [4.78, 5) is 11.3. The van der Waals surface area contributed by atoms with Gasteiger partial charge in [-0.25, -0.2) is 9.97 Å². The smallest absolute Gasteiger partial charge is 0.152 e. The van der Waals surface area contributed by atoms with Crippen LogP contribution in [0.2, 0.25) is 0 Å². The average Bonchev–Trinajstić information content (AvgIpc) is 3.12. The molecule has 0 aliphatic heterocycles. The molecule has 3 aromatic rings. The van der Waals surface area contributed by atoms with Gasteiger partial charge in [0.15, 0.2) is 5.82 Å². The number of aromatic nitrogens is 3. The van der Waals surface area contributed by atoms with Gasteiger partial charge in [-0.3, -0.25) is 0 Å². The van der Waals surface area contributed by atoms with Gasteiger partial charge in [0.05, 0.1) is 24.0 Å². The van der Waals surface area contributed by atoms with E-state index in [0.717, 1.165) is 41.5 Å². The quantitative estimate of drug-likeness (QED) is 0.477. The summed E-state index contributed by atoms with van der Waals surface area (Å²) in [6.45, 7) is 6.90. The first-order valence-electron chi connectivity index (χ1n) is 10.5. The zero-order valence-electron chi connectivity index (χ0n) is 17.2. The van der Waals surface area contributed by atoms with Crippen molar-refractivity contribution in [2.45, 2.75) is 45.6 Å². The van der Waals surface area contributed by atoms with Crippen LogP contribution in [0.3, 0.4) is 0 Å². The van der Waals surface area contributed by atoms with Crippen molar-refractivity contribution >= 4 is 27.8 Å². The fraction of sp³-hybridized carbons (Fsp3) is 0.545. The first kappa shape index (κ1) is 20.6. The minimum Gasteiger partial charge on any atom is -0.382 e. The molecule has 2 N–H and O–H groups in total. The van der Waals surface area contributed by atoms with Crippen LogP contribution in [0.4, 0.5) is 5.82 Å². The van der Waals surface area contributed by atoms with Gasteiger partial charge in [-0.1, -0.05) is 38.0 Å². The summed E-state index contributed by atoms with van der Waals surface area (Å²) < 4.78 is 7.98. The average molecular weight is 384 g/mol. The molecule has 0 amide bonds. The van der Waals surface area contributed by atoms with Crippen LogP contribution in [0.1, 0.15) is 39.0 Å². The Morgan fingerprint density at radius 3 is 2.75 bits per heavy atom. The summed E-state index contributed by atoms with van der Waals surface area (Å²) in [5, 5.41) is 1.08. The molecule has 6 nitrogen and oxygen atoms in total. The topological polar surface area (TPSA) is 69.2 Å². The molecule has 28 heavy (non-hydrogen) atoms. The fourth-order valence-corrected chi connectivity index (χ4v) is 3.67. The number of nitrogens with two attached hydrogens (primary N) is 1. The Balaban J connectivity index is 1.42. The minimum absolute atomic E-state index is 0.484. The maximum atomic E-state index is 6.08. The van der Waals surface area contributed by atoms with Gasteiger partial charge in [-0.2, -0.15) is 0 Å². The third-order valence-corrected chi connectivity index (χ3v) is 5.14. The molecular formula is C22H33N5O. The van der Waals surface area contributed by atoms with Crippen molar-refractivity contribution < 1.29 is 4.74 Å². The molecule has 6 heteroatoms. The molecule has 0 aliphatic carbocycles. The van der Waals surface area contributed by atoms with Crippen molar-refractivity contribution in [3.05, 3.63) is 30.6 Å². The SMILES string of the molecule is CCCN(C)CCCCCCOCCn1cnc2c(N)nc3ccccc3c21. The summed E-state index contributed by atoms with van der Waals surface area (Å²) in [6.07, 6.45) is 7.99. The number of rotatable bonds is 12. The molecule has 0 bridgehead atoms. The minimum atomic E-state index is 0.484. The summed E-state index contributed by atoms with van der Waals surface area (Å²) >= 11 is 0. The number of hydrogen-bond donors (Lipinski definition) is 1. The molecule has 3 rings (SSSR count). The van der Waals surface area contributed by atoms with Crippen molar-refractivity contribution in [3.63, 3.8) is 0 Å². The maximum Gasteiger partial charge on any atom is 0.152 e. The number of ether oxygens (including phenoxy) is 1. The summed E-state index contributed by atoms with van der Waals surface area (Å²) in [6, 6.07) is 8.06. The van der Waals surface area contributed by atoms with Crippen LogP contribution in [0.15, 0.2) is 30.6 Å². The van der Waals surface area contributed by atoms with E-state index in [9.17, 15) is 0 Å². The van der Waals surface area contributed by atoms with Crippen LogP contribution in [0, 0.1) is 0 Å². The summed E-state index contributed by atoms with van der Waals surface area (Å²) in [5.74, 6) is 0.484. The van der Waals surface area contributed by atoms with Gasteiger partial charge in [0.25, 0.3) is 0 Å². The molecule has 0 atom stereocenters. The Kier molecular flexibility index (Phi) is 7.62. The zero-order valence-corrected chi connectivity index (χ0v) is 17.2. The predicted octanol–water partition coefficient (Wildman–Crippen LogP) is 4.09. The van der Waals surface area contributed by atoms with E-state index < -0.39 is 0 Å². The van der Waals surface area contributed by atoms with Crippen molar-refractivity contribution in [3.8, 4) is 0 Å². The van der Waals surface area contributed by atoms with Crippen LogP contribution in [0.5, 0.6) is 0 Å². The molecular weight excluding hydrogens is 350 g/mol. The normalized spacial score (nSPS) is 11.8. The number of fused-ring (bicyclic) bond motifs is 3. The van der Waals surface area contributed by atoms with Crippen LogP contribution in [-0.2, 0) is 11.3 Å². The van der Waals surface area contributed by atoms with Gasteiger partial charge in [0.1, 0.15) is 5.52 Å². The lowest BCUT2D eigenvalue weighted by atomic mass is 10.2. The van der Waals surface area contributed by atoms with E-state index in [1.165, 1.54) is 38.8 Å². The molecule has 0 fully saturated rings. The van der Waals surface area contributed by atoms with Crippen LogP contribution < -0.4 is 5.73 Å². The first-order valence-corrected chi connectivity index (χ1v) is 10.5. The molecule has 152 valence electrons. The van der Waals surface area contributed by atoms with Gasteiger partial charge in [0.2, 0.25) is 0 Å². The molecule has 0 saturated heterocycles. The Morgan fingerprint density at radius 2 is 1.89 bits per heavy atom. The highest BCUT2D eigenvalue weighted by Gasteiger charge is 2.11. The van der Waals surface area contributed by atoms with Crippen molar-refractivity contribution in [1.29, 1.82) is 0 Å². The molecule has 0 spiro atoms. The molecule has 2 heterocycles. The third-order valence-electron chi connectivity index (χ3n) is 5.14. The van der Waals surface area contributed by atoms with Crippen LogP contribution in [0.25, 0.3) is 21.9 Å². The Labute approximate surface area is 167 Å². The fourth-order valence-electron chi connectivity index (χ4n) is 3.67. The van der Waals surface area contributed by atoms with E-state index in [0.29, 0.717) is 12.4 Å². The van der Waals surface area contributed by atoms with E-state index in [-0.39, 0.29) is 0 Å².